The molecule has 1 fully saturated rings. The minimum absolute atomic E-state index is 0.0681. The van der Waals surface area contributed by atoms with Crippen LogP contribution in [0.1, 0.15) is 24.0 Å². The van der Waals surface area contributed by atoms with Crippen LogP contribution in [-0.2, 0) is 16.1 Å². The third-order valence-corrected chi connectivity index (χ3v) is 5.17. The van der Waals surface area contributed by atoms with Crippen LogP contribution < -0.4 is 0 Å². The first kappa shape index (κ1) is 20.7. The molecule has 1 saturated heterocycles. The monoisotopic (exact) mass is 398 g/mol. The normalized spacial score (nSPS) is 14.9. The zero-order valence-corrected chi connectivity index (χ0v) is 16.4. The predicted molar refractivity (Wildman–Crippen MR) is 108 cm³/mol. The van der Waals surface area contributed by atoms with Crippen molar-refractivity contribution >= 4 is 17.9 Å². The summed E-state index contributed by atoms with van der Waals surface area (Å²) in [6.07, 6.45) is 4.48. The van der Waals surface area contributed by atoms with Crippen LogP contribution in [0.25, 0.3) is 6.08 Å². The third-order valence-electron chi connectivity index (χ3n) is 5.17. The Labute approximate surface area is 169 Å². The Morgan fingerprint density at radius 3 is 2.45 bits per heavy atom. The highest BCUT2D eigenvalue weighted by molar-refractivity contribution is 5.92. The lowest BCUT2D eigenvalue weighted by molar-refractivity contribution is -0.138. The van der Waals surface area contributed by atoms with Gasteiger partial charge in [-0.3, -0.25) is 9.59 Å². The summed E-state index contributed by atoms with van der Waals surface area (Å²) < 4.78 is 26.9. The summed E-state index contributed by atoms with van der Waals surface area (Å²) in [5.41, 5.74) is 1.24. The topological polar surface area (TPSA) is 40.6 Å². The van der Waals surface area contributed by atoms with Crippen molar-refractivity contribution in [2.45, 2.75) is 19.4 Å². The van der Waals surface area contributed by atoms with Gasteiger partial charge in [-0.05, 0) is 30.5 Å². The molecule has 0 aliphatic carbocycles. The molecule has 0 bridgehead atoms. The summed E-state index contributed by atoms with van der Waals surface area (Å²) in [7, 11) is 1.62. The van der Waals surface area contributed by atoms with Crippen LogP contribution in [0.5, 0.6) is 0 Å². The molecule has 0 aromatic heterocycles. The maximum atomic E-state index is 13.8. The average molecular weight is 398 g/mol. The fourth-order valence-corrected chi connectivity index (χ4v) is 3.48. The Kier molecular flexibility index (Phi) is 6.75. The van der Waals surface area contributed by atoms with Crippen molar-refractivity contribution in [2.75, 3.05) is 20.1 Å². The second-order valence-corrected chi connectivity index (χ2v) is 7.27. The first-order valence-corrected chi connectivity index (χ1v) is 9.65. The van der Waals surface area contributed by atoms with Gasteiger partial charge >= 0.3 is 0 Å². The van der Waals surface area contributed by atoms with Crippen LogP contribution >= 0.6 is 0 Å². The van der Waals surface area contributed by atoms with Crippen LogP contribution in [0.2, 0.25) is 0 Å². The van der Waals surface area contributed by atoms with Gasteiger partial charge in [-0.25, -0.2) is 8.78 Å². The molecule has 29 heavy (non-hydrogen) atoms. The van der Waals surface area contributed by atoms with Crippen molar-refractivity contribution in [1.82, 2.24) is 9.80 Å². The zero-order valence-electron chi connectivity index (χ0n) is 16.4. The van der Waals surface area contributed by atoms with Crippen LogP contribution in [0.3, 0.4) is 0 Å². The third kappa shape index (κ3) is 5.50. The van der Waals surface area contributed by atoms with Gasteiger partial charge in [0.1, 0.15) is 11.6 Å². The van der Waals surface area contributed by atoms with Crippen molar-refractivity contribution < 1.29 is 18.4 Å². The number of piperidine rings is 1. The van der Waals surface area contributed by atoms with E-state index in [-0.39, 0.29) is 29.8 Å². The summed E-state index contributed by atoms with van der Waals surface area (Å²) in [5.74, 6) is -1.65. The van der Waals surface area contributed by atoms with Gasteiger partial charge in [0.25, 0.3) is 0 Å². The number of amides is 2. The highest BCUT2D eigenvalue weighted by Crippen LogP contribution is 2.21. The van der Waals surface area contributed by atoms with E-state index in [1.165, 1.54) is 17.0 Å². The lowest BCUT2D eigenvalue weighted by Gasteiger charge is -2.32. The number of nitrogens with zero attached hydrogens (tertiary/aromatic N) is 2. The molecule has 4 nitrogen and oxygen atoms in total. The van der Waals surface area contributed by atoms with Crippen molar-refractivity contribution in [1.29, 1.82) is 0 Å². The van der Waals surface area contributed by atoms with E-state index in [0.717, 1.165) is 11.6 Å². The van der Waals surface area contributed by atoms with Crippen molar-refractivity contribution in [3.8, 4) is 0 Å². The fraction of sp³-hybridized carbons (Fsp3) is 0.304. The van der Waals surface area contributed by atoms with Crippen LogP contribution in [0.4, 0.5) is 8.78 Å². The van der Waals surface area contributed by atoms with Crippen molar-refractivity contribution in [2.24, 2.45) is 5.92 Å². The molecule has 6 heteroatoms. The van der Waals surface area contributed by atoms with Gasteiger partial charge in [-0.1, -0.05) is 36.4 Å². The van der Waals surface area contributed by atoms with Gasteiger partial charge in [0, 0.05) is 50.3 Å². The zero-order chi connectivity index (χ0) is 20.8. The maximum absolute atomic E-state index is 13.8. The highest BCUT2D eigenvalue weighted by atomic mass is 19.1. The van der Waals surface area contributed by atoms with E-state index in [0.29, 0.717) is 25.9 Å². The molecule has 1 aliphatic heterocycles. The number of rotatable bonds is 5. The molecular weight excluding hydrogens is 374 g/mol. The molecule has 2 aromatic rings. The molecule has 2 aromatic carbocycles. The summed E-state index contributed by atoms with van der Waals surface area (Å²) >= 11 is 0. The van der Waals surface area contributed by atoms with Gasteiger partial charge in [-0.15, -0.1) is 0 Å². The molecule has 0 spiro atoms. The molecule has 1 aliphatic rings. The lowest BCUT2D eigenvalue weighted by Crippen LogP contribution is -2.42. The number of halogens is 2. The first-order valence-electron chi connectivity index (χ1n) is 9.65. The quantitative estimate of drug-likeness (QED) is 0.718. The number of carbonyl (C=O) groups is 2. The van der Waals surface area contributed by atoms with Gasteiger partial charge in [-0.2, -0.15) is 0 Å². The number of benzene rings is 2. The SMILES string of the molecule is CN(Cc1ccc(F)cc1F)C(=O)C1CCN(C(=O)/C=C/c2ccccc2)CC1. The Morgan fingerprint density at radius 2 is 1.79 bits per heavy atom. The van der Waals surface area contributed by atoms with Gasteiger partial charge < -0.3 is 9.80 Å². The Bertz CT molecular complexity index is 891. The maximum Gasteiger partial charge on any atom is 0.246 e. The second-order valence-electron chi connectivity index (χ2n) is 7.27. The van der Waals surface area contributed by atoms with E-state index in [9.17, 15) is 18.4 Å². The Hall–Kier alpha value is -3.02. The molecule has 0 saturated carbocycles. The average Bonchev–Trinajstić information content (AvgIpc) is 2.74. The second kappa shape index (κ2) is 9.45. The summed E-state index contributed by atoms with van der Waals surface area (Å²) in [6, 6.07) is 13.0. The number of carbonyl (C=O) groups excluding carboxylic acids is 2. The highest BCUT2D eigenvalue weighted by Gasteiger charge is 2.28. The van der Waals surface area contributed by atoms with E-state index < -0.39 is 11.6 Å². The summed E-state index contributed by atoms with van der Waals surface area (Å²) in [5, 5.41) is 0. The molecule has 0 atom stereocenters. The van der Waals surface area contributed by atoms with Crippen LogP contribution in [0, 0.1) is 17.6 Å². The van der Waals surface area contributed by atoms with Crippen LogP contribution in [-0.4, -0.2) is 41.8 Å². The standard InChI is InChI=1S/C23H24F2N2O2/c1-26(16-19-8-9-20(24)15-21(19)25)23(29)18-11-13-27(14-12-18)22(28)10-7-17-5-3-2-4-6-17/h2-10,15,18H,11-14,16H2,1H3/b10-7+. The van der Waals surface area contributed by atoms with E-state index in [4.69, 9.17) is 0 Å². The van der Waals surface area contributed by atoms with Gasteiger partial charge in [0.2, 0.25) is 11.8 Å². The van der Waals surface area contributed by atoms with Gasteiger partial charge in [0.15, 0.2) is 0 Å². The smallest absolute Gasteiger partial charge is 0.246 e. The van der Waals surface area contributed by atoms with E-state index in [2.05, 4.69) is 0 Å². The lowest BCUT2D eigenvalue weighted by atomic mass is 9.95. The summed E-state index contributed by atoms with van der Waals surface area (Å²) in [4.78, 5) is 28.2. The first-order chi connectivity index (χ1) is 13.9. The molecule has 0 radical (unpaired) electrons. The number of hydrogen-bond acceptors (Lipinski definition) is 2. The number of likely N-dealkylation sites (tertiary alicyclic amines) is 1. The number of hydrogen-bond donors (Lipinski definition) is 0. The fourth-order valence-electron chi connectivity index (χ4n) is 3.48. The predicted octanol–water partition coefficient (Wildman–Crippen LogP) is 3.88. The molecule has 0 N–H and O–H groups in total. The Morgan fingerprint density at radius 1 is 1.10 bits per heavy atom. The molecule has 0 unspecified atom stereocenters. The van der Waals surface area contributed by atoms with Crippen LogP contribution in [0.15, 0.2) is 54.6 Å². The molecule has 152 valence electrons. The minimum Gasteiger partial charge on any atom is -0.341 e. The molecular formula is C23H24F2N2O2. The Balaban J connectivity index is 1.51. The molecule has 3 rings (SSSR count). The summed E-state index contributed by atoms with van der Waals surface area (Å²) in [6.45, 7) is 1.10. The minimum atomic E-state index is -0.657. The molecule has 1 heterocycles. The van der Waals surface area contributed by atoms with Gasteiger partial charge in [0.05, 0.1) is 0 Å². The van der Waals surface area contributed by atoms with E-state index >= 15 is 0 Å². The molecule has 2 amide bonds. The van der Waals surface area contributed by atoms with E-state index in [1.807, 2.05) is 30.3 Å². The van der Waals surface area contributed by atoms with Crippen molar-refractivity contribution in [3.63, 3.8) is 0 Å². The largest absolute Gasteiger partial charge is 0.341 e. The van der Waals surface area contributed by atoms with E-state index in [1.54, 1.807) is 24.1 Å². The van der Waals surface area contributed by atoms with Crippen molar-refractivity contribution in [3.05, 3.63) is 77.4 Å².